The summed E-state index contributed by atoms with van der Waals surface area (Å²) in [5, 5.41) is 10.4. The Morgan fingerprint density at radius 1 is 1.80 bits per heavy atom. The molecule has 1 atom stereocenters. The highest BCUT2D eigenvalue weighted by molar-refractivity contribution is 7.13. The van der Waals surface area contributed by atoms with Crippen molar-refractivity contribution < 1.29 is 9.53 Å². The van der Waals surface area contributed by atoms with Crippen molar-refractivity contribution in [3.8, 4) is 0 Å². The van der Waals surface area contributed by atoms with Crippen LogP contribution in [0.15, 0.2) is 5.51 Å². The highest BCUT2D eigenvalue weighted by Gasteiger charge is 2.14. The molecule has 0 radical (unpaired) electrons. The van der Waals surface area contributed by atoms with Crippen LogP contribution in [0, 0.1) is 0 Å². The molecular weight excluding hydrogens is 216 g/mol. The van der Waals surface area contributed by atoms with Crippen LogP contribution in [0.25, 0.3) is 0 Å². The van der Waals surface area contributed by atoms with Gasteiger partial charge in [0.25, 0.3) is 0 Å². The predicted octanol–water partition coefficient (Wildman–Crippen LogP) is 0.231. The Morgan fingerprint density at radius 3 is 3.20 bits per heavy atom. The van der Waals surface area contributed by atoms with E-state index in [1.54, 1.807) is 12.6 Å². The van der Waals surface area contributed by atoms with E-state index in [0.29, 0.717) is 18.2 Å². The molecule has 0 saturated heterocycles. The summed E-state index contributed by atoms with van der Waals surface area (Å²) in [5.74, 6) is -0.233. The number of nitrogens with two attached hydrogens (primary N) is 1. The maximum absolute atomic E-state index is 11.5. The van der Waals surface area contributed by atoms with E-state index in [9.17, 15) is 4.79 Å². The van der Waals surface area contributed by atoms with Crippen molar-refractivity contribution in [2.45, 2.75) is 18.9 Å². The molecule has 15 heavy (non-hydrogen) atoms. The molecule has 1 unspecified atom stereocenters. The first-order valence-corrected chi connectivity index (χ1v) is 5.43. The number of rotatable bonds is 6. The summed E-state index contributed by atoms with van der Waals surface area (Å²) in [4.78, 5) is 11.5. The Morgan fingerprint density at radius 2 is 2.60 bits per heavy atom. The largest absolute Gasteiger partial charge is 0.385 e. The number of carbonyl (C=O) groups excluding carboxylic acids is 1. The number of hydrogen-bond donors (Lipinski definition) is 2. The van der Waals surface area contributed by atoms with Crippen molar-refractivity contribution in [2.75, 3.05) is 19.0 Å². The Kier molecular flexibility index (Phi) is 5.16. The summed E-state index contributed by atoms with van der Waals surface area (Å²) < 4.78 is 4.87. The average molecular weight is 230 g/mol. The zero-order valence-electron chi connectivity index (χ0n) is 8.47. The first-order valence-electron chi connectivity index (χ1n) is 4.55. The molecule has 0 aromatic carbocycles. The zero-order valence-corrected chi connectivity index (χ0v) is 9.29. The van der Waals surface area contributed by atoms with Gasteiger partial charge in [-0.2, -0.15) is 0 Å². The summed E-state index contributed by atoms with van der Waals surface area (Å²) in [6.07, 6.45) is 1.36. The third-order valence-electron chi connectivity index (χ3n) is 1.79. The minimum Gasteiger partial charge on any atom is -0.385 e. The van der Waals surface area contributed by atoms with Crippen molar-refractivity contribution >= 4 is 22.4 Å². The number of hydrogen-bond acceptors (Lipinski definition) is 6. The van der Waals surface area contributed by atoms with Crippen LogP contribution in [0.1, 0.15) is 12.8 Å². The maximum Gasteiger partial charge on any atom is 0.243 e. The van der Waals surface area contributed by atoms with E-state index in [4.69, 9.17) is 10.5 Å². The van der Waals surface area contributed by atoms with Gasteiger partial charge in [-0.3, -0.25) is 10.1 Å². The number of ether oxygens (including phenoxy) is 1. The first kappa shape index (κ1) is 12.0. The summed E-state index contributed by atoms with van der Waals surface area (Å²) >= 11 is 1.26. The van der Waals surface area contributed by atoms with Crippen LogP contribution in [0.4, 0.5) is 5.13 Å². The number of nitrogens with one attached hydrogen (secondary N) is 1. The Labute approximate surface area is 91.8 Å². The van der Waals surface area contributed by atoms with Gasteiger partial charge in [0.1, 0.15) is 5.51 Å². The van der Waals surface area contributed by atoms with Gasteiger partial charge in [-0.1, -0.05) is 11.3 Å². The summed E-state index contributed by atoms with van der Waals surface area (Å²) in [6.45, 7) is 0.611. The molecule has 0 saturated carbocycles. The van der Waals surface area contributed by atoms with Crippen LogP contribution in [0.5, 0.6) is 0 Å². The lowest BCUT2D eigenvalue weighted by atomic mass is 10.1. The Balaban J connectivity index is 2.27. The fourth-order valence-corrected chi connectivity index (χ4v) is 1.45. The molecule has 1 heterocycles. The third kappa shape index (κ3) is 4.32. The van der Waals surface area contributed by atoms with Crippen LogP contribution in [-0.4, -0.2) is 35.9 Å². The van der Waals surface area contributed by atoms with Gasteiger partial charge in [0.2, 0.25) is 11.0 Å². The molecular formula is C8H14N4O2S. The van der Waals surface area contributed by atoms with Gasteiger partial charge < -0.3 is 10.5 Å². The van der Waals surface area contributed by atoms with Gasteiger partial charge in [-0.25, -0.2) is 0 Å². The number of amides is 1. The lowest BCUT2D eigenvalue weighted by molar-refractivity contribution is -0.117. The standard InChI is InChI=1S/C8H14N4O2S/c1-14-4-2-3-6(9)7(13)11-8-12-10-5-15-8/h5-6H,2-4,9H2,1H3,(H,11,12,13). The monoisotopic (exact) mass is 230 g/mol. The second-order valence-electron chi connectivity index (χ2n) is 2.97. The quantitative estimate of drug-likeness (QED) is 0.683. The molecule has 0 fully saturated rings. The molecule has 1 aromatic heterocycles. The molecule has 0 aliphatic heterocycles. The number of methoxy groups -OCH3 is 1. The van der Waals surface area contributed by atoms with Crippen molar-refractivity contribution in [3.05, 3.63) is 5.51 Å². The molecule has 3 N–H and O–H groups in total. The van der Waals surface area contributed by atoms with Crippen LogP contribution in [-0.2, 0) is 9.53 Å². The summed E-state index contributed by atoms with van der Waals surface area (Å²) in [7, 11) is 1.62. The topological polar surface area (TPSA) is 90.1 Å². The molecule has 0 aliphatic carbocycles. The van der Waals surface area contributed by atoms with Gasteiger partial charge in [-0.15, -0.1) is 10.2 Å². The molecule has 84 valence electrons. The van der Waals surface area contributed by atoms with E-state index in [1.807, 2.05) is 0 Å². The third-order valence-corrected chi connectivity index (χ3v) is 2.40. The predicted molar refractivity (Wildman–Crippen MR) is 57.6 cm³/mol. The molecule has 1 amide bonds. The molecule has 1 rings (SSSR count). The Hall–Kier alpha value is -1.05. The van der Waals surface area contributed by atoms with Crippen molar-refractivity contribution in [3.63, 3.8) is 0 Å². The van der Waals surface area contributed by atoms with E-state index in [1.165, 1.54) is 11.3 Å². The van der Waals surface area contributed by atoms with E-state index in [0.717, 1.165) is 6.42 Å². The number of anilines is 1. The molecule has 6 nitrogen and oxygen atoms in total. The zero-order chi connectivity index (χ0) is 11.1. The van der Waals surface area contributed by atoms with Crippen molar-refractivity contribution in [2.24, 2.45) is 5.73 Å². The van der Waals surface area contributed by atoms with Gasteiger partial charge in [0.15, 0.2) is 0 Å². The minimum atomic E-state index is -0.524. The molecule has 0 spiro atoms. The highest BCUT2D eigenvalue weighted by atomic mass is 32.1. The highest BCUT2D eigenvalue weighted by Crippen LogP contribution is 2.08. The fourth-order valence-electron chi connectivity index (χ4n) is 1.00. The van der Waals surface area contributed by atoms with Gasteiger partial charge in [0.05, 0.1) is 6.04 Å². The number of aromatic nitrogens is 2. The van der Waals surface area contributed by atoms with E-state index in [-0.39, 0.29) is 5.91 Å². The lowest BCUT2D eigenvalue weighted by Gasteiger charge is -2.09. The SMILES string of the molecule is COCCCC(N)C(=O)Nc1nncs1. The minimum absolute atomic E-state index is 0.233. The Bertz CT molecular complexity index is 291. The van der Waals surface area contributed by atoms with Gasteiger partial charge >= 0.3 is 0 Å². The first-order chi connectivity index (χ1) is 7.24. The average Bonchev–Trinajstić information content (AvgIpc) is 2.70. The van der Waals surface area contributed by atoms with Crippen molar-refractivity contribution in [1.82, 2.24) is 10.2 Å². The maximum atomic E-state index is 11.5. The van der Waals surface area contributed by atoms with Crippen LogP contribution in [0.3, 0.4) is 0 Å². The number of nitrogens with zero attached hydrogens (tertiary/aromatic N) is 2. The summed E-state index contributed by atoms with van der Waals surface area (Å²) in [5.41, 5.74) is 7.21. The summed E-state index contributed by atoms with van der Waals surface area (Å²) in [6, 6.07) is -0.524. The van der Waals surface area contributed by atoms with Crippen molar-refractivity contribution in [1.29, 1.82) is 0 Å². The second-order valence-corrected chi connectivity index (χ2v) is 3.81. The van der Waals surface area contributed by atoms with Crippen LogP contribution >= 0.6 is 11.3 Å². The van der Waals surface area contributed by atoms with Crippen LogP contribution < -0.4 is 11.1 Å². The van der Waals surface area contributed by atoms with E-state index >= 15 is 0 Å². The molecule has 7 heteroatoms. The fraction of sp³-hybridized carbons (Fsp3) is 0.625. The smallest absolute Gasteiger partial charge is 0.243 e. The van der Waals surface area contributed by atoms with Gasteiger partial charge in [0, 0.05) is 13.7 Å². The van der Waals surface area contributed by atoms with E-state index < -0.39 is 6.04 Å². The lowest BCUT2D eigenvalue weighted by Crippen LogP contribution is -2.35. The molecule has 1 aromatic rings. The van der Waals surface area contributed by atoms with E-state index in [2.05, 4.69) is 15.5 Å². The second kappa shape index (κ2) is 6.44. The van der Waals surface area contributed by atoms with Gasteiger partial charge in [-0.05, 0) is 12.8 Å². The molecule has 0 aliphatic rings. The van der Waals surface area contributed by atoms with Crippen LogP contribution in [0.2, 0.25) is 0 Å². The number of carbonyl (C=O) groups is 1. The normalized spacial score (nSPS) is 12.4. The molecule has 0 bridgehead atoms.